The van der Waals surface area contributed by atoms with E-state index in [1.807, 2.05) is 31.2 Å². The highest BCUT2D eigenvalue weighted by molar-refractivity contribution is 5.85. The van der Waals surface area contributed by atoms with E-state index in [1.54, 1.807) is 19.1 Å². The molecule has 122 valence electrons. The molecule has 1 amide bonds. The van der Waals surface area contributed by atoms with Gasteiger partial charge in [0.1, 0.15) is 5.75 Å². The largest absolute Gasteiger partial charge is 0.497 e. The number of methoxy groups -OCH3 is 1. The summed E-state index contributed by atoms with van der Waals surface area (Å²) in [5.74, 6) is 0.259. The van der Waals surface area contributed by atoms with Crippen molar-refractivity contribution >= 4 is 5.91 Å². The van der Waals surface area contributed by atoms with Crippen LogP contribution in [0.4, 0.5) is 0 Å². The number of carbonyl (C=O) groups is 1. The van der Waals surface area contributed by atoms with Crippen molar-refractivity contribution in [3.8, 4) is 5.75 Å². The molecule has 4 nitrogen and oxygen atoms in total. The first-order valence-electron chi connectivity index (χ1n) is 8.13. The molecule has 22 heavy (non-hydrogen) atoms. The molecular formula is C18H27NO3. The molecule has 1 aliphatic carbocycles. The minimum Gasteiger partial charge on any atom is -0.497 e. The monoisotopic (exact) mass is 305 g/mol. The molecule has 0 bridgehead atoms. The van der Waals surface area contributed by atoms with E-state index >= 15 is 0 Å². The van der Waals surface area contributed by atoms with Gasteiger partial charge in [0, 0.05) is 13.6 Å². The summed E-state index contributed by atoms with van der Waals surface area (Å²) in [5.41, 5.74) is -0.0663. The Morgan fingerprint density at radius 2 is 1.86 bits per heavy atom. The molecule has 0 aromatic heterocycles. The van der Waals surface area contributed by atoms with Crippen molar-refractivity contribution in [1.82, 2.24) is 4.90 Å². The molecule has 1 N–H and O–H groups in total. The molecule has 0 spiro atoms. The summed E-state index contributed by atoms with van der Waals surface area (Å²) in [6, 6.07) is 7.51. The number of carbonyl (C=O) groups excluding carboxylic acids is 1. The molecule has 0 aliphatic heterocycles. The van der Waals surface area contributed by atoms with Crippen LogP contribution in [0.1, 0.15) is 50.5 Å². The minimum atomic E-state index is -0.937. The fourth-order valence-electron chi connectivity index (χ4n) is 3.31. The number of benzene rings is 1. The fraction of sp³-hybridized carbons (Fsp3) is 0.611. The summed E-state index contributed by atoms with van der Waals surface area (Å²) in [7, 11) is 3.42. The molecule has 1 aromatic carbocycles. The zero-order chi connectivity index (χ0) is 16.2. The van der Waals surface area contributed by atoms with E-state index in [0.29, 0.717) is 19.4 Å². The molecule has 1 fully saturated rings. The third-order valence-corrected chi connectivity index (χ3v) is 4.80. The highest BCUT2D eigenvalue weighted by Gasteiger charge is 2.43. The maximum Gasteiger partial charge on any atom is 0.232 e. The van der Waals surface area contributed by atoms with Crippen molar-refractivity contribution < 1.29 is 14.6 Å². The van der Waals surface area contributed by atoms with Crippen LogP contribution in [0.25, 0.3) is 0 Å². The van der Waals surface area contributed by atoms with Gasteiger partial charge in [-0.2, -0.15) is 0 Å². The second-order valence-electron chi connectivity index (χ2n) is 6.22. The van der Waals surface area contributed by atoms with Gasteiger partial charge in [-0.05, 0) is 37.5 Å². The smallest absolute Gasteiger partial charge is 0.232 e. The maximum absolute atomic E-state index is 12.9. The first-order valence-corrected chi connectivity index (χ1v) is 8.13. The summed E-state index contributed by atoms with van der Waals surface area (Å²) in [4.78, 5) is 14.6. The Bertz CT molecular complexity index is 492. The van der Waals surface area contributed by atoms with Gasteiger partial charge in [-0.3, -0.25) is 4.79 Å². The first-order chi connectivity index (χ1) is 10.5. The average Bonchev–Trinajstić information content (AvgIpc) is 2.55. The topological polar surface area (TPSA) is 49.8 Å². The molecule has 2 rings (SSSR count). The molecule has 0 saturated heterocycles. The lowest BCUT2D eigenvalue weighted by atomic mass is 9.72. The Kier molecular flexibility index (Phi) is 5.46. The lowest BCUT2D eigenvalue weighted by Gasteiger charge is -2.40. The molecule has 1 aliphatic rings. The van der Waals surface area contributed by atoms with Crippen molar-refractivity contribution in [1.29, 1.82) is 0 Å². The number of hydrogen-bond acceptors (Lipinski definition) is 3. The quantitative estimate of drug-likeness (QED) is 0.910. The predicted molar refractivity (Wildman–Crippen MR) is 87.1 cm³/mol. The minimum absolute atomic E-state index is 0.00272. The van der Waals surface area contributed by atoms with E-state index in [9.17, 15) is 9.90 Å². The van der Waals surface area contributed by atoms with Crippen molar-refractivity contribution in [2.75, 3.05) is 20.7 Å². The number of likely N-dealkylation sites (N-methyl/N-ethyl adjacent to an activating group) is 1. The van der Waals surface area contributed by atoms with E-state index in [0.717, 1.165) is 30.6 Å². The molecular weight excluding hydrogens is 278 g/mol. The van der Waals surface area contributed by atoms with Crippen molar-refractivity contribution in [3.05, 3.63) is 29.8 Å². The lowest BCUT2D eigenvalue weighted by Crippen LogP contribution is -2.46. The zero-order valence-corrected chi connectivity index (χ0v) is 13.8. The molecule has 1 unspecified atom stereocenters. The molecule has 0 heterocycles. The second-order valence-corrected chi connectivity index (χ2v) is 6.22. The third kappa shape index (κ3) is 3.43. The summed E-state index contributed by atoms with van der Waals surface area (Å²) in [5, 5.41) is 11.1. The van der Waals surface area contributed by atoms with Gasteiger partial charge in [-0.25, -0.2) is 0 Å². The Morgan fingerprint density at radius 3 is 2.36 bits per heavy atom. The number of rotatable bonds is 5. The van der Waals surface area contributed by atoms with Gasteiger partial charge in [-0.1, -0.05) is 31.4 Å². The van der Waals surface area contributed by atoms with Crippen LogP contribution >= 0.6 is 0 Å². The molecule has 1 atom stereocenters. The van der Waals surface area contributed by atoms with Gasteiger partial charge >= 0.3 is 0 Å². The van der Waals surface area contributed by atoms with Gasteiger partial charge in [0.15, 0.2) is 0 Å². The van der Waals surface area contributed by atoms with Crippen LogP contribution in [0.3, 0.4) is 0 Å². The normalized spacial score (nSPS) is 18.5. The van der Waals surface area contributed by atoms with E-state index < -0.39 is 11.5 Å². The maximum atomic E-state index is 12.9. The summed E-state index contributed by atoms with van der Waals surface area (Å²) < 4.78 is 5.19. The Balaban J connectivity index is 2.37. The van der Waals surface area contributed by atoms with Gasteiger partial charge in [-0.15, -0.1) is 0 Å². The van der Waals surface area contributed by atoms with Gasteiger partial charge < -0.3 is 14.7 Å². The Hall–Kier alpha value is -1.55. The number of aliphatic hydroxyl groups is 1. The number of nitrogens with zero attached hydrogens (tertiary/aromatic N) is 1. The molecule has 1 aromatic rings. The van der Waals surface area contributed by atoms with Gasteiger partial charge in [0.05, 0.1) is 18.6 Å². The van der Waals surface area contributed by atoms with Gasteiger partial charge in [0.2, 0.25) is 5.91 Å². The first kappa shape index (κ1) is 16.8. The van der Waals surface area contributed by atoms with Crippen LogP contribution in [-0.4, -0.2) is 42.2 Å². The molecule has 0 radical (unpaired) electrons. The fourth-order valence-corrected chi connectivity index (χ4v) is 3.31. The van der Waals surface area contributed by atoms with Crippen LogP contribution in [0.5, 0.6) is 5.75 Å². The second kappa shape index (κ2) is 7.14. The van der Waals surface area contributed by atoms with Crippen LogP contribution in [0, 0.1) is 0 Å². The van der Waals surface area contributed by atoms with Crippen molar-refractivity contribution in [2.24, 2.45) is 0 Å². The summed E-state index contributed by atoms with van der Waals surface area (Å²) in [6.07, 6.45) is 4.47. The lowest BCUT2D eigenvalue weighted by molar-refractivity contribution is -0.140. The number of amides is 1. The van der Waals surface area contributed by atoms with Crippen LogP contribution in [-0.2, 0) is 4.79 Å². The predicted octanol–water partition coefficient (Wildman–Crippen LogP) is 2.95. The highest BCUT2D eigenvalue weighted by Crippen LogP contribution is 2.41. The van der Waals surface area contributed by atoms with Crippen molar-refractivity contribution in [2.45, 2.75) is 50.5 Å². The van der Waals surface area contributed by atoms with Crippen LogP contribution in [0.2, 0.25) is 0 Å². The number of hydrogen-bond donors (Lipinski definition) is 1. The van der Waals surface area contributed by atoms with E-state index in [-0.39, 0.29) is 5.91 Å². The third-order valence-electron chi connectivity index (χ3n) is 4.80. The van der Waals surface area contributed by atoms with E-state index in [1.165, 1.54) is 0 Å². The average molecular weight is 305 g/mol. The number of ether oxygens (including phenoxy) is 1. The Morgan fingerprint density at radius 1 is 1.27 bits per heavy atom. The summed E-state index contributed by atoms with van der Waals surface area (Å²) >= 11 is 0. The van der Waals surface area contributed by atoms with Crippen LogP contribution < -0.4 is 4.74 Å². The Labute approximate surface area is 133 Å². The highest BCUT2D eigenvalue weighted by atomic mass is 16.5. The van der Waals surface area contributed by atoms with Crippen LogP contribution in [0.15, 0.2) is 24.3 Å². The summed E-state index contributed by atoms with van der Waals surface area (Å²) in [6.45, 7) is 2.59. The van der Waals surface area contributed by atoms with E-state index in [2.05, 4.69) is 0 Å². The SMILES string of the molecule is CCN(C)C(=O)C(c1ccc(OC)cc1)C1(O)CCCCC1. The van der Waals surface area contributed by atoms with E-state index in [4.69, 9.17) is 4.74 Å². The molecule has 4 heteroatoms. The molecule has 1 saturated carbocycles. The van der Waals surface area contributed by atoms with Gasteiger partial charge in [0.25, 0.3) is 0 Å². The standard InChI is InChI=1S/C18H27NO3/c1-4-19(2)17(20)16(18(21)12-6-5-7-13-18)14-8-10-15(22-3)11-9-14/h8-11,16,21H,4-7,12-13H2,1-3H3. The van der Waals surface area contributed by atoms with Crippen molar-refractivity contribution in [3.63, 3.8) is 0 Å². The zero-order valence-electron chi connectivity index (χ0n) is 13.8.